The molecule has 0 aromatic carbocycles. The van der Waals surface area contributed by atoms with Crippen molar-refractivity contribution >= 4 is 63.9 Å². The molecule has 0 spiro atoms. The molecule has 2 saturated heterocycles. The number of nitrogens with two attached hydrogens (primary N) is 1. The highest BCUT2D eigenvalue weighted by atomic mass is 31.3. The van der Waals surface area contributed by atoms with Crippen LogP contribution in [0.1, 0.15) is 12.5 Å². The number of phosphoric acid groups is 6. The van der Waals surface area contributed by atoms with Gasteiger partial charge in [-0.25, -0.2) is 42.2 Å². The minimum Gasteiger partial charge on any atom is -0.492 e. The largest absolute Gasteiger partial charge is 0.492 e. The van der Waals surface area contributed by atoms with Crippen LogP contribution in [0.15, 0.2) is 29.7 Å². The number of ether oxygens (including phenoxy) is 2. The topological polar surface area (TPSA) is 544 Å². The van der Waals surface area contributed by atoms with Crippen molar-refractivity contribution in [2.24, 2.45) is 0 Å². The van der Waals surface area contributed by atoms with Crippen molar-refractivity contribution < 1.29 is 128 Å². The van der Waals surface area contributed by atoms with E-state index in [0.29, 0.717) is 0 Å². The van der Waals surface area contributed by atoms with Crippen molar-refractivity contribution in [1.29, 1.82) is 0 Å². The summed E-state index contributed by atoms with van der Waals surface area (Å²) in [7, 11) is -33.4. The van der Waals surface area contributed by atoms with E-state index in [-0.39, 0.29) is 17.0 Å². The summed E-state index contributed by atoms with van der Waals surface area (Å²) in [5, 5.41) is 50.0. The Balaban J connectivity index is 0.000000265. The second kappa shape index (κ2) is 18.8. The highest BCUT2D eigenvalue weighted by Gasteiger charge is 2.48. The van der Waals surface area contributed by atoms with E-state index < -0.39 is 121 Å². The second-order valence-corrected chi connectivity index (χ2v) is 20.3. The zero-order chi connectivity index (χ0) is 45.4. The molecular formula is C19H31N7O28P6. The first-order valence-electron chi connectivity index (χ1n) is 15.1. The van der Waals surface area contributed by atoms with Gasteiger partial charge in [-0.1, -0.05) is 0 Å². The Kier molecular flexibility index (Phi) is 15.7. The van der Waals surface area contributed by atoms with Gasteiger partial charge in [-0.15, -0.1) is 0 Å². The minimum absolute atomic E-state index is 0.0253. The summed E-state index contributed by atoms with van der Waals surface area (Å²) in [5.74, 6) is -0.579. The van der Waals surface area contributed by atoms with Crippen molar-refractivity contribution in [3.63, 3.8) is 0 Å². The van der Waals surface area contributed by atoms with E-state index in [0.717, 1.165) is 28.0 Å². The molecule has 0 saturated carbocycles. The molecule has 0 amide bonds. The van der Waals surface area contributed by atoms with Crippen LogP contribution < -0.4 is 11.4 Å². The number of nitrogens with zero attached hydrogens (tertiary/aromatic N) is 6. The molecule has 0 bridgehead atoms. The SMILES string of the molecule is Nc1ccn([C@@H]2O[C@H](COP(=O)(O)OP(=O)(O)OP(=O)(O)O)[C@@H](O)[C@H]2O)c(=O)n1.O=P(O)(O)OP(=O)(O)OP(=O)(O)OC[C@H]1O[C@@H](n2cnc3c(O)ncnc32)[C@H](O)[C@@H]1O. The zero-order valence-electron chi connectivity index (χ0n) is 28.7. The quantitative estimate of drug-likeness (QED) is 0.0614. The number of anilines is 1. The molecule has 60 heavy (non-hydrogen) atoms. The maximum Gasteiger partial charge on any atom is 0.490 e. The molecule has 0 radical (unpaired) electrons. The first-order valence-corrected chi connectivity index (χ1v) is 24.1. The van der Waals surface area contributed by atoms with Gasteiger partial charge in [0.1, 0.15) is 48.8 Å². The predicted octanol–water partition coefficient (Wildman–Crippen LogP) is -3.72. The van der Waals surface area contributed by atoms with E-state index in [1.54, 1.807) is 0 Å². The number of aliphatic hydroxyl groups is 4. The number of aliphatic hydroxyl groups excluding tert-OH is 4. The van der Waals surface area contributed by atoms with Crippen LogP contribution in [0.3, 0.4) is 0 Å². The van der Waals surface area contributed by atoms with Gasteiger partial charge in [0, 0.05) is 6.20 Å². The third-order valence-electron chi connectivity index (χ3n) is 7.05. The number of imidazole rings is 1. The fraction of sp³-hybridized carbons (Fsp3) is 0.526. The summed E-state index contributed by atoms with van der Waals surface area (Å²) in [6, 6.07) is 1.20. The standard InChI is InChI=1S/C10H15N4O14P3.C9H16N3O14P3/c15-6-4(1-25-30(21,22)28-31(23,24)27-29(18,19)20)26-10(7(6)16)14-3-13-5-8(14)11-2-12-9(5)17;10-5-1-2-12(9(15)11-5)8-7(14)6(13)4(24-8)3-23-28(19,20)26-29(21,22)25-27(16,17)18/h2-4,6-7,10,15-16H,1H2,(H,21,22)(H,23,24)(H,11,12,17)(H2,18,19,20);1-2,4,6-8,13-14H,3H2,(H,19,20)(H,21,22)(H2,10,11,15)(H2,16,17,18)/t4-,6-,7-,10-;4-,6-,7-,8-/m11/s1. The van der Waals surface area contributed by atoms with Crippen molar-refractivity contribution in [2.75, 3.05) is 18.9 Å². The van der Waals surface area contributed by atoms with Crippen LogP contribution in [0.4, 0.5) is 5.82 Å². The van der Waals surface area contributed by atoms with Gasteiger partial charge in [-0.05, 0) is 6.07 Å². The van der Waals surface area contributed by atoms with E-state index >= 15 is 0 Å². The number of hydrogen-bond donors (Lipinski definition) is 14. The summed E-state index contributed by atoms with van der Waals surface area (Å²) in [6.45, 7) is -2.00. The number of fused-ring (bicyclic) bond motifs is 1. The normalized spacial score (nSPS) is 28.9. The minimum atomic E-state index is -5.71. The smallest absolute Gasteiger partial charge is 0.490 e. The molecule has 2 aliphatic heterocycles. The molecule has 3 aromatic rings. The van der Waals surface area contributed by atoms with Crippen LogP contribution in [-0.4, -0.2) is 144 Å². The van der Waals surface area contributed by atoms with Gasteiger partial charge in [0.2, 0.25) is 5.88 Å². The van der Waals surface area contributed by atoms with Crippen LogP contribution in [0.5, 0.6) is 5.88 Å². The van der Waals surface area contributed by atoms with Crippen LogP contribution in [0, 0.1) is 0 Å². The lowest BCUT2D eigenvalue weighted by atomic mass is 10.1. The molecule has 15 N–H and O–H groups in total. The van der Waals surface area contributed by atoms with Gasteiger partial charge >= 0.3 is 52.6 Å². The third-order valence-corrected chi connectivity index (χ3v) is 14.7. The lowest BCUT2D eigenvalue weighted by Gasteiger charge is -2.19. The van der Waals surface area contributed by atoms with Crippen LogP contribution in [0.2, 0.25) is 0 Å². The van der Waals surface area contributed by atoms with E-state index in [2.05, 4.69) is 46.2 Å². The molecule has 41 heteroatoms. The maximum absolute atomic E-state index is 11.8. The molecule has 5 heterocycles. The second-order valence-electron chi connectivity index (χ2n) is 11.4. The summed E-state index contributed by atoms with van der Waals surface area (Å²) < 4.78 is 102. The molecule has 2 fully saturated rings. The lowest BCUT2D eigenvalue weighted by molar-refractivity contribution is -0.0541. The Hall–Kier alpha value is -2.39. The number of aromatic hydroxyl groups is 1. The van der Waals surface area contributed by atoms with E-state index in [4.69, 9.17) is 44.6 Å². The van der Waals surface area contributed by atoms with Gasteiger partial charge in [-0.3, -0.25) is 18.2 Å². The van der Waals surface area contributed by atoms with Gasteiger partial charge in [-0.2, -0.15) is 27.2 Å². The fourth-order valence-electron chi connectivity index (χ4n) is 4.78. The summed E-state index contributed by atoms with van der Waals surface area (Å²) >= 11 is 0. The molecule has 4 unspecified atom stereocenters. The number of rotatable bonds is 16. The van der Waals surface area contributed by atoms with Crippen LogP contribution in [-0.2, 0) is 63.2 Å². The predicted molar refractivity (Wildman–Crippen MR) is 181 cm³/mol. The van der Waals surface area contributed by atoms with Gasteiger partial charge < -0.3 is 79.9 Å². The highest BCUT2D eigenvalue weighted by molar-refractivity contribution is 7.67. The summed E-state index contributed by atoms with van der Waals surface area (Å²) in [4.78, 5) is 97.3. The molecular weight excluding hydrogens is 960 g/mol. The van der Waals surface area contributed by atoms with Crippen molar-refractivity contribution in [3.05, 3.63) is 35.4 Å². The fourth-order valence-corrected chi connectivity index (χ4v) is 10.8. The number of aromatic nitrogens is 6. The monoisotopic (exact) mass is 991 g/mol. The average Bonchev–Trinajstić information content (AvgIpc) is 3.70. The Bertz CT molecular complexity index is 2370. The number of nitrogen functional groups attached to an aromatic ring is 1. The first kappa shape index (κ1) is 50.3. The van der Waals surface area contributed by atoms with E-state index in [1.807, 2.05) is 0 Å². The lowest BCUT2D eigenvalue weighted by Crippen LogP contribution is -2.36. The van der Waals surface area contributed by atoms with Crippen molar-refractivity contribution in [1.82, 2.24) is 29.1 Å². The van der Waals surface area contributed by atoms with Crippen molar-refractivity contribution in [3.8, 4) is 5.88 Å². The maximum atomic E-state index is 11.8. The van der Waals surface area contributed by atoms with E-state index in [1.165, 1.54) is 6.07 Å². The third kappa shape index (κ3) is 13.8. The Labute approximate surface area is 330 Å². The molecule has 340 valence electrons. The Morgan fingerprint density at radius 3 is 1.53 bits per heavy atom. The van der Waals surface area contributed by atoms with E-state index in [9.17, 15) is 67.5 Å². The van der Waals surface area contributed by atoms with Crippen LogP contribution in [0.25, 0.3) is 11.2 Å². The Morgan fingerprint density at radius 2 is 1.10 bits per heavy atom. The molecule has 0 aliphatic carbocycles. The summed E-state index contributed by atoms with van der Waals surface area (Å²) in [5.41, 5.74) is 4.38. The zero-order valence-corrected chi connectivity index (χ0v) is 34.1. The number of phosphoric ester groups is 2. The molecule has 12 atom stereocenters. The first-order chi connectivity index (χ1) is 27.3. The Morgan fingerprint density at radius 1 is 0.650 bits per heavy atom. The van der Waals surface area contributed by atoms with Crippen LogP contribution >= 0.6 is 46.9 Å². The summed E-state index contributed by atoms with van der Waals surface area (Å²) in [6.07, 6.45) is -9.44. The molecule has 2 aliphatic rings. The van der Waals surface area contributed by atoms with Gasteiger partial charge in [0.05, 0.1) is 19.5 Å². The average molecular weight is 991 g/mol. The van der Waals surface area contributed by atoms with Crippen molar-refractivity contribution in [2.45, 2.75) is 49.1 Å². The molecule has 3 aromatic heterocycles. The molecule has 35 nitrogen and oxygen atoms in total. The molecule has 5 rings (SSSR count). The number of hydrogen-bond acceptors (Lipinski definition) is 25. The highest BCUT2D eigenvalue weighted by Crippen LogP contribution is 2.67. The van der Waals surface area contributed by atoms with Gasteiger partial charge in [0.15, 0.2) is 23.6 Å². The van der Waals surface area contributed by atoms with Gasteiger partial charge in [0.25, 0.3) is 0 Å².